The highest BCUT2D eigenvalue weighted by Gasteiger charge is 2.27. The Morgan fingerprint density at radius 1 is 1.37 bits per heavy atom. The highest BCUT2D eigenvalue weighted by atomic mass is 32.2. The number of nitrogens with one attached hydrogen (secondary N) is 1. The predicted molar refractivity (Wildman–Crippen MR) is 72.6 cm³/mol. The number of ether oxygens (including phenoxy) is 1. The van der Waals surface area contributed by atoms with E-state index in [1.807, 2.05) is 0 Å². The van der Waals surface area contributed by atoms with Crippen molar-refractivity contribution in [2.24, 2.45) is 10.4 Å². The number of halogens is 3. The van der Waals surface area contributed by atoms with Crippen LogP contribution >= 0.6 is 11.8 Å². The third-order valence-electron chi connectivity index (χ3n) is 2.35. The van der Waals surface area contributed by atoms with E-state index < -0.39 is 12.8 Å². The van der Waals surface area contributed by atoms with E-state index in [1.165, 1.54) is 0 Å². The summed E-state index contributed by atoms with van der Waals surface area (Å²) in [6.07, 6.45) is -3.19. The molecule has 0 bridgehead atoms. The number of hydrogen-bond acceptors (Lipinski definition) is 4. The van der Waals surface area contributed by atoms with Gasteiger partial charge >= 0.3 is 6.18 Å². The molecule has 1 atom stereocenters. The summed E-state index contributed by atoms with van der Waals surface area (Å²) in [6.45, 7) is 6.51. The maximum Gasteiger partial charge on any atom is 0.411 e. The summed E-state index contributed by atoms with van der Waals surface area (Å²) in [7, 11) is 0. The number of nitrogens with zero attached hydrogens (tertiary/aromatic N) is 1. The van der Waals surface area contributed by atoms with E-state index in [9.17, 15) is 13.2 Å². The first-order chi connectivity index (χ1) is 8.66. The van der Waals surface area contributed by atoms with Crippen molar-refractivity contribution in [2.75, 3.05) is 26.3 Å². The summed E-state index contributed by atoms with van der Waals surface area (Å²) >= 11 is 1.66. The summed E-state index contributed by atoms with van der Waals surface area (Å²) in [6, 6.07) is 0. The van der Waals surface area contributed by atoms with Crippen LogP contribution in [-0.2, 0) is 4.74 Å². The lowest BCUT2D eigenvalue weighted by molar-refractivity contribution is -0.173. The quantitative estimate of drug-likeness (QED) is 0.792. The van der Waals surface area contributed by atoms with E-state index in [1.54, 1.807) is 11.8 Å². The maximum absolute atomic E-state index is 11.8. The molecule has 0 amide bonds. The van der Waals surface area contributed by atoms with Crippen LogP contribution in [0.1, 0.15) is 27.2 Å². The Morgan fingerprint density at radius 3 is 2.63 bits per heavy atom. The average Bonchev–Trinajstić information content (AvgIpc) is 2.60. The molecule has 112 valence electrons. The van der Waals surface area contributed by atoms with Gasteiger partial charge in [0, 0.05) is 11.8 Å². The van der Waals surface area contributed by atoms with Gasteiger partial charge in [-0.3, -0.25) is 4.99 Å². The zero-order valence-electron chi connectivity index (χ0n) is 11.5. The van der Waals surface area contributed by atoms with E-state index in [4.69, 9.17) is 0 Å². The van der Waals surface area contributed by atoms with Gasteiger partial charge in [-0.05, 0) is 11.8 Å². The molecule has 19 heavy (non-hydrogen) atoms. The van der Waals surface area contributed by atoms with Crippen LogP contribution in [0.2, 0.25) is 0 Å². The number of hydrogen-bond donors (Lipinski definition) is 1. The van der Waals surface area contributed by atoms with Crippen molar-refractivity contribution in [3.05, 3.63) is 0 Å². The molecule has 0 fully saturated rings. The van der Waals surface area contributed by atoms with E-state index in [0.29, 0.717) is 11.8 Å². The van der Waals surface area contributed by atoms with Crippen LogP contribution in [0, 0.1) is 5.41 Å². The van der Waals surface area contributed by atoms with Crippen molar-refractivity contribution in [2.45, 2.75) is 38.6 Å². The Balaban J connectivity index is 2.09. The van der Waals surface area contributed by atoms with Gasteiger partial charge in [-0.25, -0.2) is 0 Å². The van der Waals surface area contributed by atoms with Crippen molar-refractivity contribution < 1.29 is 17.9 Å². The molecule has 0 aromatic rings. The number of alkyl halides is 3. The second-order valence-corrected chi connectivity index (χ2v) is 7.03. The van der Waals surface area contributed by atoms with E-state index >= 15 is 0 Å². The zero-order valence-corrected chi connectivity index (χ0v) is 12.3. The summed E-state index contributed by atoms with van der Waals surface area (Å²) in [5.74, 6) is 0. The molecule has 1 N–H and O–H groups in total. The minimum absolute atomic E-state index is 0.0308. The fourth-order valence-corrected chi connectivity index (χ4v) is 3.10. The highest BCUT2D eigenvalue weighted by molar-refractivity contribution is 8.14. The molecule has 1 heterocycles. The fraction of sp³-hybridized carbons (Fsp3) is 0.917. The van der Waals surface area contributed by atoms with E-state index in [2.05, 4.69) is 35.8 Å². The van der Waals surface area contributed by atoms with Crippen LogP contribution in [0.3, 0.4) is 0 Å². The van der Waals surface area contributed by atoms with Crippen LogP contribution in [-0.4, -0.2) is 42.9 Å². The molecule has 0 saturated carbocycles. The minimum Gasteiger partial charge on any atom is -0.370 e. The van der Waals surface area contributed by atoms with Gasteiger partial charge < -0.3 is 10.1 Å². The van der Waals surface area contributed by atoms with Crippen LogP contribution in [0.4, 0.5) is 13.2 Å². The Bertz CT molecular complexity index is 313. The normalized spacial score (nSPS) is 20.5. The second-order valence-electron chi connectivity index (χ2n) is 5.75. The highest BCUT2D eigenvalue weighted by Crippen LogP contribution is 2.31. The lowest BCUT2D eigenvalue weighted by Gasteiger charge is -2.21. The lowest BCUT2D eigenvalue weighted by atomic mass is 9.90. The number of amidine groups is 1. The summed E-state index contributed by atoms with van der Waals surface area (Å²) < 4.78 is 40.0. The van der Waals surface area contributed by atoms with Gasteiger partial charge in [0.05, 0.1) is 13.2 Å². The molecule has 0 spiro atoms. The fourth-order valence-electron chi connectivity index (χ4n) is 1.72. The van der Waals surface area contributed by atoms with Crippen molar-refractivity contribution in [3.8, 4) is 0 Å². The van der Waals surface area contributed by atoms with Gasteiger partial charge in [0.1, 0.15) is 6.61 Å². The molecule has 0 saturated heterocycles. The summed E-state index contributed by atoms with van der Waals surface area (Å²) in [5, 5.41) is 4.27. The molecule has 0 radical (unpaired) electrons. The van der Waals surface area contributed by atoms with Gasteiger partial charge in [0.25, 0.3) is 0 Å². The van der Waals surface area contributed by atoms with Gasteiger partial charge in [-0.15, -0.1) is 0 Å². The first-order valence-corrected chi connectivity index (χ1v) is 7.13. The average molecular weight is 298 g/mol. The molecule has 3 nitrogen and oxygen atoms in total. The molecular weight excluding hydrogens is 277 g/mol. The first-order valence-electron chi connectivity index (χ1n) is 6.25. The van der Waals surface area contributed by atoms with Gasteiger partial charge in [0.2, 0.25) is 0 Å². The van der Waals surface area contributed by atoms with Crippen LogP contribution < -0.4 is 5.32 Å². The van der Waals surface area contributed by atoms with Crippen molar-refractivity contribution in [1.29, 1.82) is 0 Å². The summed E-state index contributed by atoms with van der Waals surface area (Å²) in [4.78, 5) is 4.34. The largest absolute Gasteiger partial charge is 0.411 e. The van der Waals surface area contributed by atoms with Crippen LogP contribution in [0.5, 0.6) is 0 Å². The van der Waals surface area contributed by atoms with Crippen molar-refractivity contribution in [3.63, 3.8) is 0 Å². The molecule has 0 aromatic heterocycles. The van der Waals surface area contributed by atoms with E-state index in [0.717, 1.165) is 18.1 Å². The molecule has 1 unspecified atom stereocenters. The van der Waals surface area contributed by atoms with Crippen molar-refractivity contribution in [1.82, 2.24) is 5.32 Å². The predicted octanol–water partition coefficient (Wildman–Crippen LogP) is 3.06. The third-order valence-corrected chi connectivity index (χ3v) is 3.49. The number of rotatable bonds is 5. The van der Waals surface area contributed by atoms with E-state index in [-0.39, 0.29) is 12.0 Å². The standard InChI is InChI=1S/C12H21F3N2OS/c1-11(2,3)6-9-7-17-10(19-9)16-4-5-18-8-12(13,14)15/h9H,4-8H2,1-3H3,(H,16,17). The smallest absolute Gasteiger partial charge is 0.370 e. The maximum atomic E-state index is 11.8. The van der Waals surface area contributed by atoms with Crippen LogP contribution in [0.25, 0.3) is 0 Å². The van der Waals surface area contributed by atoms with Gasteiger partial charge in [-0.2, -0.15) is 13.2 Å². The Hall–Kier alpha value is -0.430. The molecule has 0 aliphatic carbocycles. The Labute approximate surface area is 116 Å². The first kappa shape index (κ1) is 16.6. The van der Waals surface area contributed by atoms with Gasteiger partial charge in [-0.1, -0.05) is 32.5 Å². The third kappa shape index (κ3) is 8.36. The topological polar surface area (TPSA) is 33.6 Å². The monoisotopic (exact) mass is 298 g/mol. The Morgan fingerprint density at radius 2 is 2.05 bits per heavy atom. The van der Waals surface area contributed by atoms with Crippen molar-refractivity contribution >= 4 is 16.9 Å². The molecule has 7 heteroatoms. The molecule has 1 aliphatic rings. The summed E-state index contributed by atoms with van der Waals surface area (Å²) in [5.41, 5.74) is 0.262. The lowest BCUT2D eigenvalue weighted by Crippen LogP contribution is -2.27. The molecule has 1 rings (SSSR count). The van der Waals surface area contributed by atoms with Crippen LogP contribution in [0.15, 0.2) is 4.99 Å². The molecule has 1 aliphatic heterocycles. The molecule has 0 aromatic carbocycles. The molecular formula is C12H21F3N2OS. The number of aliphatic imine (C=N–C) groups is 1. The SMILES string of the molecule is CC(C)(C)CC1CN=C(NCCOCC(F)(F)F)S1. The minimum atomic E-state index is -4.25. The van der Waals surface area contributed by atoms with Gasteiger partial charge in [0.15, 0.2) is 5.17 Å². The second kappa shape index (κ2) is 6.83. The Kier molecular flexibility index (Phi) is 5.98. The number of thioether (sulfide) groups is 1. The zero-order chi connectivity index (χ0) is 14.5.